The van der Waals surface area contributed by atoms with Gasteiger partial charge in [0.1, 0.15) is 5.00 Å². The molecule has 0 saturated carbocycles. The molecule has 1 saturated heterocycles. The summed E-state index contributed by atoms with van der Waals surface area (Å²) in [6.07, 6.45) is 7.73. The Bertz CT molecular complexity index is 603. The molecule has 2 aliphatic rings. The first-order valence-corrected chi connectivity index (χ1v) is 9.39. The summed E-state index contributed by atoms with van der Waals surface area (Å²) in [7, 11) is 0. The van der Waals surface area contributed by atoms with Crippen LogP contribution in [0.15, 0.2) is 0 Å². The minimum Gasteiger partial charge on any atom is -0.365 e. The van der Waals surface area contributed by atoms with Gasteiger partial charge in [-0.15, -0.1) is 11.3 Å². The Kier molecular flexibility index (Phi) is 5.02. The third-order valence-electron chi connectivity index (χ3n) is 4.97. The number of amides is 2. The lowest BCUT2D eigenvalue weighted by Crippen LogP contribution is -2.42. The van der Waals surface area contributed by atoms with E-state index in [0.717, 1.165) is 50.8 Å². The second-order valence-corrected chi connectivity index (χ2v) is 7.65. The quantitative estimate of drug-likeness (QED) is 0.888. The SMILES string of the molecule is C[C@H](C(=O)Nc1sc2c(c1C(N)=O)CCC2)N1CCCCCC1. The van der Waals surface area contributed by atoms with E-state index in [1.807, 2.05) is 6.92 Å². The van der Waals surface area contributed by atoms with Crippen molar-refractivity contribution in [2.24, 2.45) is 5.73 Å². The van der Waals surface area contributed by atoms with E-state index in [2.05, 4.69) is 10.2 Å². The number of aryl methyl sites for hydroxylation is 1. The Hall–Kier alpha value is -1.40. The monoisotopic (exact) mass is 335 g/mol. The first kappa shape index (κ1) is 16.5. The first-order valence-electron chi connectivity index (χ1n) is 8.57. The Morgan fingerprint density at radius 1 is 1.13 bits per heavy atom. The van der Waals surface area contributed by atoms with Crippen LogP contribution >= 0.6 is 11.3 Å². The van der Waals surface area contributed by atoms with E-state index >= 15 is 0 Å². The van der Waals surface area contributed by atoms with Crippen LogP contribution in [-0.2, 0) is 17.6 Å². The van der Waals surface area contributed by atoms with E-state index < -0.39 is 5.91 Å². The van der Waals surface area contributed by atoms with Crippen LogP contribution in [0, 0.1) is 0 Å². The van der Waals surface area contributed by atoms with Crippen LogP contribution in [0.2, 0.25) is 0 Å². The van der Waals surface area contributed by atoms with E-state index in [9.17, 15) is 9.59 Å². The zero-order valence-electron chi connectivity index (χ0n) is 13.7. The largest absolute Gasteiger partial charge is 0.365 e. The number of nitrogens with zero attached hydrogens (tertiary/aromatic N) is 1. The van der Waals surface area contributed by atoms with Gasteiger partial charge in [-0.25, -0.2) is 0 Å². The zero-order valence-corrected chi connectivity index (χ0v) is 14.5. The van der Waals surface area contributed by atoms with Crippen LogP contribution in [0.3, 0.4) is 0 Å². The Morgan fingerprint density at radius 3 is 2.48 bits per heavy atom. The van der Waals surface area contributed by atoms with Gasteiger partial charge < -0.3 is 11.1 Å². The van der Waals surface area contributed by atoms with Gasteiger partial charge in [-0.2, -0.15) is 0 Å². The summed E-state index contributed by atoms with van der Waals surface area (Å²) >= 11 is 1.52. The van der Waals surface area contributed by atoms with Gasteiger partial charge in [-0.1, -0.05) is 12.8 Å². The molecule has 1 aromatic heterocycles. The molecule has 3 rings (SSSR count). The molecule has 126 valence electrons. The number of hydrogen-bond donors (Lipinski definition) is 2. The third-order valence-corrected chi connectivity index (χ3v) is 6.18. The van der Waals surface area contributed by atoms with Crippen molar-refractivity contribution in [2.45, 2.75) is 57.9 Å². The van der Waals surface area contributed by atoms with E-state index in [1.54, 1.807) is 0 Å². The van der Waals surface area contributed by atoms with Crippen molar-refractivity contribution < 1.29 is 9.59 Å². The normalized spacial score (nSPS) is 19.9. The fourth-order valence-electron chi connectivity index (χ4n) is 3.62. The molecule has 1 aliphatic heterocycles. The van der Waals surface area contributed by atoms with E-state index in [1.165, 1.54) is 29.1 Å². The lowest BCUT2D eigenvalue weighted by atomic mass is 10.1. The molecule has 2 amide bonds. The van der Waals surface area contributed by atoms with Gasteiger partial charge in [-0.05, 0) is 57.7 Å². The Morgan fingerprint density at radius 2 is 1.83 bits per heavy atom. The maximum Gasteiger partial charge on any atom is 0.251 e. The van der Waals surface area contributed by atoms with Crippen LogP contribution in [0.25, 0.3) is 0 Å². The van der Waals surface area contributed by atoms with Crippen LogP contribution in [0.1, 0.15) is 59.8 Å². The van der Waals surface area contributed by atoms with E-state index in [-0.39, 0.29) is 11.9 Å². The molecular weight excluding hydrogens is 310 g/mol. The van der Waals surface area contributed by atoms with Gasteiger partial charge in [-0.3, -0.25) is 14.5 Å². The Labute approximate surface area is 141 Å². The molecule has 1 aromatic rings. The number of fused-ring (bicyclic) bond motifs is 1. The summed E-state index contributed by atoms with van der Waals surface area (Å²) < 4.78 is 0. The highest BCUT2D eigenvalue weighted by atomic mass is 32.1. The van der Waals surface area contributed by atoms with Crippen LogP contribution < -0.4 is 11.1 Å². The molecule has 1 fully saturated rings. The van der Waals surface area contributed by atoms with Gasteiger partial charge in [0.05, 0.1) is 11.6 Å². The summed E-state index contributed by atoms with van der Waals surface area (Å²) in [4.78, 5) is 27.9. The smallest absolute Gasteiger partial charge is 0.251 e. The number of thiophene rings is 1. The van der Waals surface area contributed by atoms with Crippen LogP contribution in [0.4, 0.5) is 5.00 Å². The van der Waals surface area contributed by atoms with Crippen molar-refractivity contribution in [1.82, 2.24) is 4.90 Å². The predicted molar refractivity (Wildman–Crippen MR) is 93.0 cm³/mol. The standard InChI is InChI=1S/C17H25N3O2S/c1-11(20-9-4-2-3-5-10-20)16(22)19-17-14(15(18)21)12-7-6-8-13(12)23-17/h11H,2-10H2,1H3,(H2,18,21)(H,19,22)/t11-/m1/s1. The zero-order chi connectivity index (χ0) is 16.4. The van der Waals surface area contributed by atoms with Crippen molar-refractivity contribution in [1.29, 1.82) is 0 Å². The summed E-state index contributed by atoms with van der Waals surface area (Å²) in [6, 6.07) is -0.175. The number of hydrogen-bond acceptors (Lipinski definition) is 4. The molecule has 1 atom stereocenters. The molecule has 0 aromatic carbocycles. The molecule has 0 radical (unpaired) electrons. The Balaban J connectivity index is 1.73. The van der Waals surface area contributed by atoms with Crippen molar-refractivity contribution in [2.75, 3.05) is 18.4 Å². The van der Waals surface area contributed by atoms with Crippen molar-refractivity contribution in [3.8, 4) is 0 Å². The lowest BCUT2D eigenvalue weighted by Gasteiger charge is -2.26. The number of carbonyl (C=O) groups excluding carboxylic acids is 2. The van der Waals surface area contributed by atoms with Gasteiger partial charge >= 0.3 is 0 Å². The summed E-state index contributed by atoms with van der Waals surface area (Å²) in [5.41, 5.74) is 7.15. The summed E-state index contributed by atoms with van der Waals surface area (Å²) in [6.45, 7) is 3.89. The number of carbonyl (C=O) groups is 2. The number of anilines is 1. The highest BCUT2D eigenvalue weighted by Crippen LogP contribution is 2.38. The van der Waals surface area contributed by atoms with Crippen LogP contribution in [0.5, 0.6) is 0 Å². The molecule has 1 aliphatic carbocycles. The van der Waals surface area contributed by atoms with Gasteiger partial charge in [0.15, 0.2) is 0 Å². The van der Waals surface area contributed by atoms with Gasteiger partial charge in [0, 0.05) is 4.88 Å². The van der Waals surface area contributed by atoms with Gasteiger partial charge in [0.25, 0.3) is 5.91 Å². The number of likely N-dealkylation sites (tertiary alicyclic amines) is 1. The molecule has 3 N–H and O–H groups in total. The molecule has 0 bridgehead atoms. The van der Waals surface area contributed by atoms with Crippen molar-refractivity contribution >= 4 is 28.2 Å². The molecule has 5 nitrogen and oxygen atoms in total. The maximum absolute atomic E-state index is 12.6. The second-order valence-electron chi connectivity index (χ2n) is 6.54. The maximum atomic E-state index is 12.6. The highest BCUT2D eigenvalue weighted by Gasteiger charge is 2.28. The van der Waals surface area contributed by atoms with Crippen molar-refractivity contribution in [3.63, 3.8) is 0 Å². The fourth-order valence-corrected chi connectivity index (χ4v) is 4.92. The molecule has 6 heteroatoms. The number of nitrogens with two attached hydrogens (primary N) is 1. The summed E-state index contributed by atoms with van der Waals surface area (Å²) in [5, 5.41) is 3.62. The fraction of sp³-hybridized carbons (Fsp3) is 0.647. The predicted octanol–water partition coefficient (Wildman–Crippen LogP) is 2.54. The molecule has 0 unspecified atom stereocenters. The topological polar surface area (TPSA) is 75.4 Å². The van der Waals surface area contributed by atoms with Crippen molar-refractivity contribution in [3.05, 3.63) is 16.0 Å². The molecular formula is C17H25N3O2S. The molecule has 2 heterocycles. The first-order chi connectivity index (χ1) is 11.1. The molecule has 23 heavy (non-hydrogen) atoms. The second kappa shape index (κ2) is 7.01. The highest BCUT2D eigenvalue weighted by molar-refractivity contribution is 7.17. The average Bonchev–Trinajstić information content (AvgIpc) is 2.96. The van der Waals surface area contributed by atoms with E-state index in [4.69, 9.17) is 5.73 Å². The number of rotatable bonds is 4. The number of primary amides is 1. The minimum atomic E-state index is -0.429. The molecule has 0 spiro atoms. The number of nitrogens with one attached hydrogen (secondary N) is 1. The average molecular weight is 335 g/mol. The van der Waals surface area contributed by atoms with Crippen LogP contribution in [-0.4, -0.2) is 35.8 Å². The third kappa shape index (κ3) is 3.43. The summed E-state index contributed by atoms with van der Waals surface area (Å²) in [5.74, 6) is -0.462. The van der Waals surface area contributed by atoms with E-state index in [0.29, 0.717) is 10.6 Å². The minimum absolute atomic E-state index is 0.0330. The van der Waals surface area contributed by atoms with Gasteiger partial charge in [0.2, 0.25) is 5.91 Å². The lowest BCUT2D eigenvalue weighted by molar-refractivity contribution is -0.120.